The predicted octanol–water partition coefficient (Wildman–Crippen LogP) is 5.06. The summed E-state index contributed by atoms with van der Waals surface area (Å²) in [4.78, 5) is 38.8. The lowest BCUT2D eigenvalue weighted by atomic mass is 9.83. The summed E-state index contributed by atoms with van der Waals surface area (Å²) in [5.41, 5.74) is 2.80. The zero-order chi connectivity index (χ0) is 27.7. The predicted molar refractivity (Wildman–Crippen MR) is 149 cm³/mol. The molecular formula is C30H38N4O5. The third kappa shape index (κ3) is 5.73. The Morgan fingerprint density at radius 1 is 1.13 bits per heavy atom. The number of H-pyrrole nitrogens is 1. The van der Waals surface area contributed by atoms with Gasteiger partial charge in [-0.25, -0.2) is 9.78 Å². The topological polar surface area (TPSA) is 101 Å². The minimum atomic E-state index is -0.541. The van der Waals surface area contributed by atoms with Gasteiger partial charge in [0.2, 0.25) is 5.71 Å². The number of piperidine rings is 1. The van der Waals surface area contributed by atoms with Crippen molar-refractivity contribution in [2.45, 2.75) is 65.4 Å². The van der Waals surface area contributed by atoms with E-state index in [4.69, 9.17) is 13.9 Å². The van der Waals surface area contributed by atoms with Gasteiger partial charge in [0.25, 0.3) is 5.91 Å². The van der Waals surface area contributed by atoms with Crippen molar-refractivity contribution >= 4 is 28.7 Å². The molecular weight excluding hydrogens is 496 g/mol. The first-order valence-corrected chi connectivity index (χ1v) is 13.8. The first-order chi connectivity index (χ1) is 18.6. The Morgan fingerprint density at radius 3 is 2.54 bits per heavy atom. The van der Waals surface area contributed by atoms with Gasteiger partial charge < -0.3 is 23.8 Å². The minimum absolute atomic E-state index is 0.212. The highest BCUT2D eigenvalue weighted by Gasteiger charge is 2.39. The Bertz CT molecular complexity index is 1380. The van der Waals surface area contributed by atoms with E-state index in [1.165, 1.54) is 19.3 Å². The highest BCUT2D eigenvalue weighted by Crippen LogP contribution is 2.40. The van der Waals surface area contributed by atoms with Crippen molar-refractivity contribution in [2.75, 3.05) is 32.8 Å². The van der Waals surface area contributed by atoms with Gasteiger partial charge >= 0.3 is 5.97 Å². The number of oxazole rings is 1. The number of carbonyl (C=O) groups excluding carboxylic acids is 2. The van der Waals surface area contributed by atoms with Crippen molar-refractivity contribution in [3.63, 3.8) is 0 Å². The van der Waals surface area contributed by atoms with Crippen LogP contribution in [0.5, 0.6) is 5.75 Å². The van der Waals surface area contributed by atoms with E-state index in [9.17, 15) is 9.59 Å². The van der Waals surface area contributed by atoms with E-state index in [2.05, 4.69) is 14.9 Å². The van der Waals surface area contributed by atoms with Crippen LogP contribution in [-0.2, 0) is 14.9 Å². The number of likely N-dealkylation sites (tertiary alicyclic amines) is 1. The Balaban J connectivity index is 1.39. The van der Waals surface area contributed by atoms with Gasteiger partial charge in [0.1, 0.15) is 17.9 Å². The molecule has 5 rings (SSSR count). The van der Waals surface area contributed by atoms with Gasteiger partial charge in [-0.05, 0) is 64.0 Å². The summed E-state index contributed by atoms with van der Waals surface area (Å²) >= 11 is 0. The van der Waals surface area contributed by atoms with Crippen molar-refractivity contribution in [3.05, 3.63) is 53.2 Å². The number of nitrogens with one attached hydrogen (secondary N) is 1. The molecule has 2 aromatic heterocycles. The molecule has 0 radical (unpaired) electrons. The fraction of sp³-hybridized carbons (Fsp3) is 0.500. The zero-order valence-electron chi connectivity index (χ0n) is 23.5. The van der Waals surface area contributed by atoms with Crippen molar-refractivity contribution in [1.29, 1.82) is 0 Å². The Morgan fingerprint density at radius 2 is 1.85 bits per heavy atom. The number of esters is 1. The molecule has 2 aliphatic heterocycles. The number of hydrogen-bond acceptors (Lipinski definition) is 7. The van der Waals surface area contributed by atoms with Crippen LogP contribution in [0.25, 0.3) is 16.8 Å². The summed E-state index contributed by atoms with van der Waals surface area (Å²) in [6, 6.07) is 7.20. The molecule has 1 saturated heterocycles. The molecule has 0 bridgehead atoms. The minimum Gasteiger partial charge on any atom is -0.492 e. The number of aromatic nitrogens is 2. The Labute approximate surface area is 229 Å². The molecule has 4 heterocycles. The van der Waals surface area contributed by atoms with E-state index < -0.39 is 11.4 Å². The molecule has 3 aromatic rings. The van der Waals surface area contributed by atoms with Crippen molar-refractivity contribution in [1.82, 2.24) is 19.8 Å². The molecule has 1 N–H and O–H groups in total. The van der Waals surface area contributed by atoms with E-state index in [1.54, 1.807) is 44.0 Å². The number of rotatable bonds is 7. The number of nitrogens with zero attached hydrogens (tertiary/aromatic N) is 3. The van der Waals surface area contributed by atoms with Crippen molar-refractivity contribution in [3.8, 4) is 5.75 Å². The molecule has 9 nitrogen and oxygen atoms in total. The summed E-state index contributed by atoms with van der Waals surface area (Å²) in [5.74, 6) is 0.533. The van der Waals surface area contributed by atoms with Crippen molar-refractivity contribution in [2.24, 2.45) is 0 Å². The summed E-state index contributed by atoms with van der Waals surface area (Å²) < 4.78 is 17.2. The maximum absolute atomic E-state index is 13.7. The fourth-order valence-electron chi connectivity index (χ4n) is 5.51. The molecule has 2 aliphatic rings. The molecule has 0 aliphatic carbocycles. The van der Waals surface area contributed by atoms with E-state index in [0.717, 1.165) is 30.9 Å². The first-order valence-electron chi connectivity index (χ1n) is 13.8. The highest BCUT2D eigenvalue weighted by molar-refractivity contribution is 6.18. The maximum Gasteiger partial charge on any atom is 0.342 e. The molecule has 1 amide bonds. The second kappa shape index (κ2) is 10.9. The number of amides is 1. The molecule has 0 saturated carbocycles. The van der Waals surface area contributed by atoms with Crippen LogP contribution in [0.15, 0.2) is 34.9 Å². The van der Waals surface area contributed by atoms with Crippen LogP contribution in [0.2, 0.25) is 0 Å². The van der Waals surface area contributed by atoms with Crippen LogP contribution in [0.3, 0.4) is 0 Å². The average Bonchev–Trinajstić information content (AvgIpc) is 3.38. The molecule has 9 heteroatoms. The Kier molecular flexibility index (Phi) is 7.53. The molecule has 0 spiro atoms. The monoisotopic (exact) mass is 534 g/mol. The van der Waals surface area contributed by atoms with Crippen LogP contribution >= 0.6 is 0 Å². The largest absolute Gasteiger partial charge is 0.492 e. The summed E-state index contributed by atoms with van der Waals surface area (Å²) in [6.45, 7) is 13.6. The number of hydrogen-bond donors (Lipinski definition) is 1. The number of aryl methyl sites for hydroxylation is 1. The molecule has 0 atom stereocenters. The second-order valence-corrected chi connectivity index (χ2v) is 11.4. The highest BCUT2D eigenvalue weighted by atomic mass is 16.5. The van der Waals surface area contributed by atoms with Crippen molar-refractivity contribution < 1.29 is 23.5 Å². The van der Waals surface area contributed by atoms with Crippen LogP contribution in [0.4, 0.5) is 0 Å². The molecule has 1 fully saturated rings. The first kappa shape index (κ1) is 27.0. The molecule has 39 heavy (non-hydrogen) atoms. The van der Waals surface area contributed by atoms with Crippen LogP contribution < -0.4 is 4.74 Å². The van der Waals surface area contributed by atoms with Crippen LogP contribution in [0, 0.1) is 6.92 Å². The number of benzene rings is 1. The normalized spacial score (nSPS) is 17.6. The van der Waals surface area contributed by atoms with E-state index in [0.29, 0.717) is 41.5 Å². The lowest BCUT2D eigenvalue weighted by Crippen LogP contribution is -2.37. The summed E-state index contributed by atoms with van der Waals surface area (Å²) in [6.07, 6.45) is 5.09. The second-order valence-electron chi connectivity index (χ2n) is 11.4. The number of carbonyl (C=O) groups is 2. The van der Waals surface area contributed by atoms with Gasteiger partial charge in [0, 0.05) is 42.8 Å². The van der Waals surface area contributed by atoms with E-state index in [1.807, 2.05) is 26.0 Å². The van der Waals surface area contributed by atoms with Gasteiger partial charge in [-0.1, -0.05) is 20.3 Å². The standard InChI is InChI=1S/C30H38N4O5/c1-19(2)38-29(36)23-17-34(18-30(4,5)24-25(23)32-27-26(24)31-20(3)39-27)28(35)21-9-11-22(12-10-21)37-16-15-33-13-7-6-8-14-33/h9-12,17,19,32H,6-8,13-16,18H2,1-5H3. The molecule has 208 valence electrons. The molecule has 1 aromatic carbocycles. The van der Waals surface area contributed by atoms with Crippen LogP contribution in [0.1, 0.15) is 74.5 Å². The van der Waals surface area contributed by atoms with Gasteiger partial charge in [0.15, 0.2) is 5.89 Å². The lowest BCUT2D eigenvalue weighted by Gasteiger charge is -2.29. The summed E-state index contributed by atoms with van der Waals surface area (Å²) in [5, 5.41) is 0. The maximum atomic E-state index is 13.7. The van der Waals surface area contributed by atoms with E-state index in [-0.39, 0.29) is 17.6 Å². The van der Waals surface area contributed by atoms with E-state index >= 15 is 0 Å². The quantitative estimate of drug-likeness (QED) is 0.423. The number of aromatic amines is 1. The summed E-state index contributed by atoms with van der Waals surface area (Å²) in [7, 11) is 0. The van der Waals surface area contributed by atoms with Gasteiger partial charge in [-0.2, -0.15) is 0 Å². The lowest BCUT2D eigenvalue weighted by molar-refractivity contribution is -0.140. The third-order valence-corrected chi connectivity index (χ3v) is 7.31. The smallest absolute Gasteiger partial charge is 0.342 e. The third-order valence-electron chi connectivity index (χ3n) is 7.31. The van der Waals surface area contributed by atoms with Crippen LogP contribution in [-0.4, -0.2) is 70.5 Å². The van der Waals surface area contributed by atoms with Gasteiger partial charge in [-0.3, -0.25) is 9.69 Å². The average molecular weight is 535 g/mol. The number of ether oxygens (including phenoxy) is 2. The van der Waals surface area contributed by atoms with Gasteiger partial charge in [0.05, 0.1) is 17.4 Å². The Hall–Kier alpha value is -3.59. The number of fused-ring (bicyclic) bond motifs is 3. The SMILES string of the molecule is Cc1nc2c3c([nH]c2o1)C(C(=O)OC(C)C)=CN(C(=O)c1ccc(OCCN2CCCCC2)cc1)CC3(C)C. The zero-order valence-corrected chi connectivity index (χ0v) is 23.5. The molecule has 0 unspecified atom stereocenters. The van der Waals surface area contributed by atoms with Gasteiger partial charge in [-0.15, -0.1) is 0 Å². The fourth-order valence-corrected chi connectivity index (χ4v) is 5.51.